The Morgan fingerprint density at radius 1 is 1.55 bits per heavy atom. The van der Waals surface area contributed by atoms with Gasteiger partial charge in [0.25, 0.3) is 0 Å². The van der Waals surface area contributed by atoms with Crippen LogP contribution in [0.3, 0.4) is 0 Å². The van der Waals surface area contributed by atoms with Crippen LogP contribution in [0.1, 0.15) is 33.6 Å². The van der Waals surface area contributed by atoms with Gasteiger partial charge < -0.3 is 5.32 Å². The minimum atomic E-state index is -0.170. The quantitative estimate of drug-likeness (QED) is 0.565. The summed E-state index contributed by atoms with van der Waals surface area (Å²) in [4.78, 5) is 11.4. The maximum absolute atomic E-state index is 11.4. The molecule has 1 aliphatic rings. The fourth-order valence-electron chi connectivity index (χ4n) is 1.42. The molecule has 1 aliphatic heterocycles. The van der Waals surface area contributed by atoms with Crippen molar-refractivity contribution in [1.82, 2.24) is 5.32 Å². The summed E-state index contributed by atoms with van der Waals surface area (Å²) in [5.41, 5.74) is -0.170. The van der Waals surface area contributed by atoms with Crippen LogP contribution in [-0.2, 0) is 4.79 Å². The molecule has 0 aromatic heterocycles. The van der Waals surface area contributed by atoms with Gasteiger partial charge >= 0.3 is 0 Å². The molecular weight excluding hydrogens is 138 g/mol. The molecule has 1 heterocycles. The van der Waals surface area contributed by atoms with E-state index >= 15 is 0 Å². The largest absolute Gasteiger partial charge is 0.356 e. The van der Waals surface area contributed by atoms with Crippen molar-refractivity contribution in [2.45, 2.75) is 33.6 Å². The maximum atomic E-state index is 11.4. The summed E-state index contributed by atoms with van der Waals surface area (Å²) in [5.74, 6) is 0.715. The molecule has 1 saturated heterocycles. The average Bonchev–Trinajstić information content (AvgIpc) is 2.03. The highest BCUT2D eigenvalue weighted by Crippen LogP contribution is 2.31. The van der Waals surface area contributed by atoms with Crippen LogP contribution < -0.4 is 5.32 Å². The highest BCUT2D eigenvalue weighted by Gasteiger charge is 2.34. The Bertz CT molecular complexity index is 163. The van der Waals surface area contributed by atoms with E-state index in [0.29, 0.717) is 5.92 Å². The number of nitrogens with one attached hydrogen (secondary N) is 1. The van der Waals surface area contributed by atoms with Crippen molar-refractivity contribution in [3.05, 3.63) is 0 Å². The molecule has 2 heteroatoms. The van der Waals surface area contributed by atoms with Gasteiger partial charge in [-0.1, -0.05) is 20.8 Å². The Morgan fingerprint density at radius 3 is 2.82 bits per heavy atom. The molecule has 1 fully saturated rings. The van der Waals surface area contributed by atoms with Gasteiger partial charge in [-0.3, -0.25) is 4.79 Å². The predicted molar refractivity (Wildman–Crippen MR) is 45.2 cm³/mol. The summed E-state index contributed by atoms with van der Waals surface area (Å²) in [5, 5.41) is 2.93. The molecule has 2 nitrogen and oxygen atoms in total. The van der Waals surface area contributed by atoms with E-state index in [1.54, 1.807) is 0 Å². The lowest BCUT2D eigenvalue weighted by molar-refractivity contribution is -0.130. The molecule has 1 amide bonds. The van der Waals surface area contributed by atoms with Crippen molar-refractivity contribution < 1.29 is 4.79 Å². The predicted octanol–water partition coefficient (Wildman–Crippen LogP) is 1.56. The molecule has 1 unspecified atom stereocenters. The van der Waals surface area contributed by atoms with E-state index in [9.17, 15) is 4.79 Å². The standard InChI is InChI=1S/C9H17NO/c1-7-5-4-6-10-8(11)9(7,2)3/h7H,4-6H2,1-3H3,(H,10,11). The summed E-state index contributed by atoms with van der Waals surface area (Å²) in [6.07, 6.45) is 2.28. The van der Waals surface area contributed by atoms with Crippen molar-refractivity contribution in [2.75, 3.05) is 6.54 Å². The van der Waals surface area contributed by atoms with Crippen LogP contribution in [0, 0.1) is 11.3 Å². The van der Waals surface area contributed by atoms with Gasteiger partial charge in [-0.25, -0.2) is 0 Å². The summed E-state index contributed by atoms with van der Waals surface area (Å²) < 4.78 is 0. The number of amides is 1. The smallest absolute Gasteiger partial charge is 0.225 e. The third-order valence-electron chi connectivity index (χ3n) is 2.92. The Morgan fingerprint density at radius 2 is 2.18 bits per heavy atom. The van der Waals surface area contributed by atoms with Crippen molar-refractivity contribution in [1.29, 1.82) is 0 Å². The highest BCUT2D eigenvalue weighted by atomic mass is 16.2. The van der Waals surface area contributed by atoms with Gasteiger partial charge in [-0.15, -0.1) is 0 Å². The maximum Gasteiger partial charge on any atom is 0.225 e. The van der Waals surface area contributed by atoms with E-state index in [4.69, 9.17) is 0 Å². The summed E-state index contributed by atoms with van der Waals surface area (Å²) >= 11 is 0. The minimum Gasteiger partial charge on any atom is -0.356 e. The first kappa shape index (κ1) is 8.57. The molecule has 1 atom stereocenters. The third-order valence-corrected chi connectivity index (χ3v) is 2.92. The number of carbonyl (C=O) groups excluding carboxylic acids is 1. The number of rotatable bonds is 0. The van der Waals surface area contributed by atoms with E-state index in [2.05, 4.69) is 12.2 Å². The SMILES string of the molecule is CC1CCCNC(=O)C1(C)C. The Hall–Kier alpha value is -0.530. The van der Waals surface area contributed by atoms with Crippen LogP contribution in [0.15, 0.2) is 0 Å². The molecule has 0 saturated carbocycles. The number of hydrogen-bond donors (Lipinski definition) is 1. The van der Waals surface area contributed by atoms with Gasteiger partial charge in [-0.05, 0) is 18.8 Å². The van der Waals surface area contributed by atoms with Crippen LogP contribution in [0.5, 0.6) is 0 Å². The molecule has 0 aromatic rings. The molecular formula is C9H17NO. The molecule has 1 N–H and O–H groups in total. The number of carbonyl (C=O) groups is 1. The van der Waals surface area contributed by atoms with Crippen molar-refractivity contribution in [2.24, 2.45) is 11.3 Å². The van der Waals surface area contributed by atoms with Gasteiger partial charge in [-0.2, -0.15) is 0 Å². The van der Waals surface area contributed by atoms with Crippen LogP contribution in [0.4, 0.5) is 0 Å². The van der Waals surface area contributed by atoms with E-state index < -0.39 is 0 Å². The van der Waals surface area contributed by atoms with Crippen molar-refractivity contribution in [3.8, 4) is 0 Å². The molecule has 0 aliphatic carbocycles. The lowest BCUT2D eigenvalue weighted by Gasteiger charge is -2.27. The zero-order valence-electron chi connectivity index (χ0n) is 7.61. The monoisotopic (exact) mass is 155 g/mol. The second kappa shape index (κ2) is 2.84. The fraction of sp³-hybridized carbons (Fsp3) is 0.889. The zero-order chi connectivity index (χ0) is 8.48. The molecule has 11 heavy (non-hydrogen) atoms. The van der Waals surface area contributed by atoms with Crippen LogP contribution in [-0.4, -0.2) is 12.5 Å². The second-order valence-corrected chi connectivity index (χ2v) is 4.02. The lowest BCUT2D eigenvalue weighted by atomic mass is 9.78. The molecule has 0 radical (unpaired) electrons. The third kappa shape index (κ3) is 1.55. The number of hydrogen-bond acceptors (Lipinski definition) is 1. The summed E-state index contributed by atoms with van der Waals surface area (Å²) in [7, 11) is 0. The van der Waals surface area contributed by atoms with E-state index in [-0.39, 0.29) is 11.3 Å². The molecule has 1 rings (SSSR count). The summed E-state index contributed by atoms with van der Waals surface area (Å²) in [6, 6.07) is 0. The molecule has 0 bridgehead atoms. The Balaban J connectivity index is 2.76. The zero-order valence-corrected chi connectivity index (χ0v) is 7.61. The van der Waals surface area contributed by atoms with Crippen LogP contribution in [0.25, 0.3) is 0 Å². The highest BCUT2D eigenvalue weighted by molar-refractivity contribution is 5.82. The van der Waals surface area contributed by atoms with Crippen molar-refractivity contribution >= 4 is 5.91 Å². The normalized spacial score (nSPS) is 30.8. The molecule has 0 aromatic carbocycles. The van der Waals surface area contributed by atoms with E-state index in [1.807, 2.05) is 13.8 Å². The van der Waals surface area contributed by atoms with Gasteiger partial charge in [0.2, 0.25) is 5.91 Å². The first-order chi connectivity index (χ1) is 5.05. The topological polar surface area (TPSA) is 29.1 Å². The fourth-order valence-corrected chi connectivity index (χ4v) is 1.42. The summed E-state index contributed by atoms with van der Waals surface area (Å²) in [6.45, 7) is 7.06. The van der Waals surface area contributed by atoms with E-state index in [0.717, 1.165) is 19.4 Å². The van der Waals surface area contributed by atoms with Crippen LogP contribution >= 0.6 is 0 Å². The first-order valence-electron chi connectivity index (χ1n) is 4.33. The lowest BCUT2D eigenvalue weighted by Crippen LogP contribution is -2.38. The van der Waals surface area contributed by atoms with Gasteiger partial charge in [0.1, 0.15) is 0 Å². The van der Waals surface area contributed by atoms with E-state index in [1.165, 1.54) is 0 Å². The Kier molecular flexibility index (Phi) is 2.21. The first-order valence-corrected chi connectivity index (χ1v) is 4.33. The molecule has 64 valence electrons. The minimum absolute atomic E-state index is 0.170. The van der Waals surface area contributed by atoms with Gasteiger partial charge in [0, 0.05) is 12.0 Å². The van der Waals surface area contributed by atoms with Crippen molar-refractivity contribution in [3.63, 3.8) is 0 Å². The van der Waals surface area contributed by atoms with Gasteiger partial charge in [0.05, 0.1) is 0 Å². The Labute approximate surface area is 68.4 Å². The average molecular weight is 155 g/mol. The second-order valence-electron chi connectivity index (χ2n) is 4.02. The van der Waals surface area contributed by atoms with Gasteiger partial charge in [0.15, 0.2) is 0 Å². The van der Waals surface area contributed by atoms with Crippen LogP contribution in [0.2, 0.25) is 0 Å². The molecule has 0 spiro atoms.